The Balaban J connectivity index is 1.48. The minimum absolute atomic E-state index is 0.0891. The predicted octanol–water partition coefficient (Wildman–Crippen LogP) is 15.0. The van der Waals surface area contributed by atoms with E-state index in [0.29, 0.717) is 0 Å². The molecule has 0 atom stereocenters. The monoisotopic (exact) mass is 688 g/mol. The molecule has 0 spiro atoms. The van der Waals surface area contributed by atoms with Crippen LogP contribution in [-0.4, -0.2) is 0 Å². The topological polar surface area (TPSA) is 0 Å². The number of hydrogen-bond acceptors (Lipinski definition) is 0. The number of hydrogen-bond donors (Lipinski definition) is 0. The van der Waals surface area contributed by atoms with Gasteiger partial charge in [-0.25, -0.2) is 0 Å². The first-order valence-electron chi connectivity index (χ1n) is 19.2. The van der Waals surface area contributed by atoms with Crippen molar-refractivity contribution in [2.24, 2.45) is 0 Å². The van der Waals surface area contributed by atoms with Crippen LogP contribution in [0, 0.1) is 0 Å². The van der Waals surface area contributed by atoms with Crippen molar-refractivity contribution >= 4 is 15.9 Å². The van der Waals surface area contributed by atoms with Crippen molar-refractivity contribution < 1.29 is 0 Å². The Kier molecular flexibility index (Phi) is 11.1. The Morgan fingerprint density at radius 3 is 1.26 bits per heavy atom. The van der Waals surface area contributed by atoms with Crippen molar-refractivity contribution in [1.29, 1.82) is 0 Å². The maximum atomic E-state index is 3.87. The fourth-order valence-corrected chi connectivity index (χ4v) is 9.68. The van der Waals surface area contributed by atoms with Crippen LogP contribution in [0.3, 0.4) is 0 Å². The minimum atomic E-state index is 0.0891. The summed E-state index contributed by atoms with van der Waals surface area (Å²) in [6.07, 6.45) is 20.4. The molecule has 0 amide bonds. The van der Waals surface area contributed by atoms with Crippen LogP contribution in [0.25, 0.3) is 33.4 Å². The van der Waals surface area contributed by atoms with E-state index >= 15 is 0 Å². The molecule has 0 fully saturated rings. The zero-order valence-corrected chi connectivity index (χ0v) is 31.3. The lowest BCUT2D eigenvalue weighted by Crippen LogP contribution is -2.26. The number of rotatable bonds is 17. The molecule has 0 saturated heterocycles. The largest absolute Gasteiger partial charge is 0.0654 e. The molecular formula is C46H57Br. The third-order valence-corrected chi connectivity index (χ3v) is 12.2. The van der Waals surface area contributed by atoms with Crippen molar-refractivity contribution in [3.8, 4) is 33.4 Å². The summed E-state index contributed by atoms with van der Waals surface area (Å²) in [5.41, 5.74) is 15.2. The van der Waals surface area contributed by atoms with Crippen LogP contribution >= 0.6 is 15.9 Å². The lowest BCUT2D eigenvalue weighted by Gasteiger charge is -2.34. The van der Waals surface area contributed by atoms with E-state index in [1.54, 1.807) is 22.3 Å². The Morgan fingerprint density at radius 2 is 0.787 bits per heavy atom. The first kappa shape index (κ1) is 34.2. The molecule has 4 aromatic rings. The van der Waals surface area contributed by atoms with Gasteiger partial charge in [-0.1, -0.05) is 175 Å². The van der Waals surface area contributed by atoms with Crippen molar-refractivity contribution in [3.05, 3.63) is 106 Å². The maximum Gasteiger partial charge on any atom is 0.0215 e. The average Bonchev–Trinajstić information content (AvgIpc) is 3.51. The second-order valence-corrected chi connectivity index (χ2v) is 15.7. The fraction of sp³-hybridized carbons (Fsp3) is 0.478. The summed E-state index contributed by atoms with van der Waals surface area (Å²) in [5, 5.41) is 0. The van der Waals surface area contributed by atoms with E-state index in [1.807, 2.05) is 0 Å². The molecular weight excluding hydrogens is 632 g/mol. The Labute approximate surface area is 294 Å². The van der Waals surface area contributed by atoms with Gasteiger partial charge in [0.2, 0.25) is 0 Å². The van der Waals surface area contributed by atoms with Crippen LogP contribution in [0.2, 0.25) is 0 Å². The summed E-state index contributed by atoms with van der Waals surface area (Å²) in [6, 6.07) is 31.5. The molecule has 0 nitrogen and oxygen atoms in total. The number of benzene rings is 4. The highest BCUT2D eigenvalue weighted by molar-refractivity contribution is 9.10. The van der Waals surface area contributed by atoms with Gasteiger partial charge >= 0.3 is 0 Å². The van der Waals surface area contributed by atoms with Crippen LogP contribution in [0.15, 0.2) is 83.3 Å². The molecule has 0 bridgehead atoms. The molecule has 2 aliphatic rings. The van der Waals surface area contributed by atoms with Crippen LogP contribution in [0.5, 0.6) is 0 Å². The first-order valence-corrected chi connectivity index (χ1v) is 20.0. The zero-order chi connectivity index (χ0) is 32.9. The highest BCUT2D eigenvalue weighted by atomic mass is 79.9. The van der Waals surface area contributed by atoms with Crippen molar-refractivity contribution in [2.75, 3.05) is 0 Å². The molecule has 6 rings (SSSR count). The van der Waals surface area contributed by atoms with Crippen molar-refractivity contribution in [2.45, 2.75) is 141 Å². The number of halogens is 1. The average molecular weight is 690 g/mol. The lowest BCUT2D eigenvalue weighted by atomic mass is 9.69. The lowest BCUT2D eigenvalue weighted by molar-refractivity contribution is 0.405. The molecule has 0 N–H and O–H groups in total. The molecule has 0 aromatic heterocycles. The highest BCUT2D eigenvalue weighted by Gasteiger charge is 2.44. The summed E-state index contributed by atoms with van der Waals surface area (Å²) in [6.45, 7) is 9.36. The smallest absolute Gasteiger partial charge is 0.0215 e. The Hall–Kier alpha value is -2.64. The first-order chi connectivity index (χ1) is 23.0. The normalized spacial score (nSPS) is 14.9. The Bertz CT molecular complexity index is 1640. The molecule has 2 aliphatic carbocycles. The molecule has 0 unspecified atom stereocenters. The van der Waals surface area contributed by atoms with E-state index in [2.05, 4.69) is 122 Å². The zero-order valence-electron chi connectivity index (χ0n) is 29.7. The molecule has 0 radical (unpaired) electrons. The number of fused-ring (bicyclic) bond motifs is 6. The van der Waals surface area contributed by atoms with E-state index in [9.17, 15) is 0 Å². The van der Waals surface area contributed by atoms with E-state index in [1.165, 1.54) is 141 Å². The number of unbranched alkanes of at least 4 members (excludes halogenated alkanes) is 8. The Morgan fingerprint density at radius 1 is 0.404 bits per heavy atom. The van der Waals surface area contributed by atoms with Gasteiger partial charge in [0.25, 0.3) is 0 Å². The second-order valence-electron chi connectivity index (χ2n) is 14.7. The molecule has 1 heteroatoms. The SMILES string of the molecule is CCCCCC1(CCCCC)c2ccccc2-c2ccc(-c3ccc4c(c3)C(CCCCC)(CCCCC)c3cc(Br)ccc3-4)cc21. The molecule has 4 aromatic carbocycles. The molecule has 0 saturated carbocycles. The summed E-state index contributed by atoms with van der Waals surface area (Å²) >= 11 is 3.87. The third kappa shape index (κ3) is 6.44. The standard InChI is InChI=1S/C46H57Br/c1-5-9-15-27-45(28-16-10-6-2)41-20-14-13-19-37(41)38-24-21-34(31-42(38)45)35-22-25-39-40-26-23-36(47)33-44(40)46(43(39)32-35,29-17-11-7-3)30-18-12-8-4/h13-14,19-26,31-33H,5-12,15-18,27-30H2,1-4H3. The van der Waals surface area contributed by atoms with Crippen molar-refractivity contribution in [3.63, 3.8) is 0 Å². The van der Waals surface area contributed by atoms with Crippen LogP contribution < -0.4 is 0 Å². The minimum Gasteiger partial charge on any atom is -0.0654 e. The highest BCUT2D eigenvalue weighted by Crippen LogP contribution is 2.57. The summed E-state index contributed by atoms with van der Waals surface area (Å²) in [4.78, 5) is 0. The molecule has 0 heterocycles. The quantitative estimate of drug-likeness (QED) is 0.0968. The van der Waals surface area contributed by atoms with E-state index in [4.69, 9.17) is 0 Å². The van der Waals surface area contributed by atoms with E-state index < -0.39 is 0 Å². The third-order valence-electron chi connectivity index (χ3n) is 11.8. The van der Waals surface area contributed by atoms with E-state index in [-0.39, 0.29) is 10.8 Å². The van der Waals surface area contributed by atoms with Gasteiger partial charge in [0, 0.05) is 15.3 Å². The van der Waals surface area contributed by atoms with E-state index in [0.717, 1.165) is 0 Å². The molecule has 0 aliphatic heterocycles. The van der Waals surface area contributed by atoms with Crippen LogP contribution in [0.1, 0.15) is 153 Å². The van der Waals surface area contributed by atoms with Gasteiger partial charge in [0.1, 0.15) is 0 Å². The van der Waals surface area contributed by atoms with Gasteiger partial charge in [0.15, 0.2) is 0 Å². The maximum absolute atomic E-state index is 3.87. The van der Waals surface area contributed by atoms with Crippen LogP contribution in [-0.2, 0) is 10.8 Å². The van der Waals surface area contributed by atoms with Gasteiger partial charge < -0.3 is 0 Å². The summed E-state index contributed by atoms with van der Waals surface area (Å²) in [7, 11) is 0. The van der Waals surface area contributed by atoms with Crippen molar-refractivity contribution in [1.82, 2.24) is 0 Å². The molecule has 248 valence electrons. The van der Waals surface area contributed by atoms with Gasteiger partial charge in [-0.05, 0) is 106 Å². The summed E-state index contributed by atoms with van der Waals surface area (Å²) in [5.74, 6) is 0. The predicted molar refractivity (Wildman–Crippen MR) is 209 cm³/mol. The van der Waals surface area contributed by atoms with Crippen LogP contribution in [0.4, 0.5) is 0 Å². The van der Waals surface area contributed by atoms with Gasteiger partial charge in [-0.15, -0.1) is 0 Å². The molecule has 47 heavy (non-hydrogen) atoms. The van der Waals surface area contributed by atoms with Gasteiger partial charge in [-0.2, -0.15) is 0 Å². The fourth-order valence-electron chi connectivity index (χ4n) is 9.32. The summed E-state index contributed by atoms with van der Waals surface area (Å²) < 4.78 is 1.21. The second kappa shape index (κ2) is 15.3. The van der Waals surface area contributed by atoms with Gasteiger partial charge in [-0.3, -0.25) is 0 Å². The van der Waals surface area contributed by atoms with Gasteiger partial charge in [0.05, 0.1) is 0 Å².